The molecule has 21 heavy (non-hydrogen) atoms. The van der Waals surface area contributed by atoms with Gasteiger partial charge in [0.1, 0.15) is 0 Å². The Morgan fingerprint density at radius 3 is 2.76 bits per heavy atom. The van der Waals surface area contributed by atoms with E-state index in [-0.39, 0.29) is 0 Å². The van der Waals surface area contributed by atoms with Crippen molar-refractivity contribution in [3.63, 3.8) is 0 Å². The van der Waals surface area contributed by atoms with Crippen LogP contribution in [0, 0.1) is 5.92 Å². The maximum atomic E-state index is 6.10. The van der Waals surface area contributed by atoms with E-state index in [1.807, 2.05) is 23.5 Å². The van der Waals surface area contributed by atoms with Crippen molar-refractivity contribution in [1.82, 2.24) is 5.32 Å². The molecule has 4 heteroatoms. The summed E-state index contributed by atoms with van der Waals surface area (Å²) < 4.78 is 1.21. The molecule has 0 saturated heterocycles. The highest BCUT2D eigenvalue weighted by Gasteiger charge is 2.12. The number of thiophene rings is 1. The highest BCUT2D eigenvalue weighted by atomic mass is 79.9. The second kappa shape index (κ2) is 8.94. The van der Waals surface area contributed by atoms with Gasteiger partial charge in [0.2, 0.25) is 0 Å². The van der Waals surface area contributed by atoms with Gasteiger partial charge in [-0.1, -0.05) is 30.7 Å². The predicted molar refractivity (Wildman–Crippen MR) is 97.5 cm³/mol. The molecular weight excluding hydrogens is 366 g/mol. The Labute approximate surface area is 144 Å². The Morgan fingerprint density at radius 2 is 2.10 bits per heavy atom. The molecule has 0 fully saturated rings. The second-order valence-corrected chi connectivity index (χ2v) is 8.30. The number of rotatable bonds is 8. The molecule has 0 bridgehead atoms. The predicted octanol–water partition coefficient (Wildman–Crippen LogP) is 5.57. The lowest BCUT2D eigenvalue weighted by molar-refractivity contribution is 0.473. The van der Waals surface area contributed by atoms with Gasteiger partial charge in [-0.05, 0) is 84.0 Å². The van der Waals surface area contributed by atoms with Crippen molar-refractivity contribution in [2.24, 2.45) is 5.92 Å². The Balaban J connectivity index is 2.00. The fourth-order valence-corrected chi connectivity index (χ4v) is 4.25. The molecule has 0 radical (unpaired) electrons. The van der Waals surface area contributed by atoms with Gasteiger partial charge < -0.3 is 5.32 Å². The van der Waals surface area contributed by atoms with Crippen LogP contribution >= 0.6 is 38.9 Å². The molecule has 1 unspecified atom stereocenters. The molecule has 1 atom stereocenters. The number of halogens is 2. The fourth-order valence-electron chi connectivity index (χ4n) is 2.44. The molecule has 0 spiro atoms. The van der Waals surface area contributed by atoms with Crippen LogP contribution in [0.15, 0.2) is 40.2 Å². The first kappa shape index (κ1) is 17.0. The first-order chi connectivity index (χ1) is 10.2. The minimum atomic E-state index is 0.598. The summed E-state index contributed by atoms with van der Waals surface area (Å²) in [6.07, 6.45) is 3.35. The zero-order valence-corrected chi connectivity index (χ0v) is 15.4. The van der Waals surface area contributed by atoms with Gasteiger partial charge in [-0.15, -0.1) is 11.3 Å². The molecule has 0 amide bonds. The summed E-state index contributed by atoms with van der Waals surface area (Å²) >= 11 is 11.5. The molecule has 1 heterocycles. The number of benzene rings is 1. The fraction of sp³-hybridized carbons (Fsp3) is 0.412. The van der Waals surface area contributed by atoms with Gasteiger partial charge in [0.05, 0.1) is 3.79 Å². The van der Waals surface area contributed by atoms with Crippen molar-refractivity contribution >= 4 is 38.9 Å². The minimum absolute atomic E-state index is 0.598. The van der Waals surface area contributed by atoms with Crippen LogP contribution in [0.4, 0.5) is 0 Å². The van der Waals surface area contributed by atoms with Crippen molar-refractivity contribution < 1.29 is 0 Å². The molecular formula is C17H21BrClNS. The third-order valence-corrected chi connectivity index (χ3v) is 5.27. The summed E-state index contributed by atoms with van der Waals surface area (Å²) in [6.45, 7) is 4.34. The third kappa shape index (κ3) is 6.11. The van der Waals surface area contributed by atoms with Crippen LogP contribution in [-0.4, -0.2) is 13.1 Å². The molecule has 0 saturated carbocycles. The van der Waals surface area contributed by atoms with E-state index in [1.54, 1.807) is 0 Å². The van der Waals surface area contributed by atoms with Crippen molar-refractivity contribution in [3.05, 3.63) is 55.6 Å². The molecule has 2 aromatic rings. The van der Waals surface area contributed by atoms with Crippen LogP contribution in [0.3, 0.4) is 0 Å². The molecule has 114 valence electrons. The van der Waals surface area contributed by atoms with E-state index in [9.17, 15) is 0 Å². The quantitative estimate of drug-likeness (QED) is 0.585. The largest absolute Gasteiger partial charge is 0.316 e. The Hall–Kier alpha value is -0.350. The van der Waals surface area contributed by atoms with E-state index in [4.69, 9.17) is 11.6 Å². The molecule has 0 aliphatic heterocycles. The lowest BCUT2D eigenvalue weighted by Gasteiger charge is -2.17. The second-order valence-electron chi connectivity index (χ2n) is 5.31. The lowest BCUT2D eigenvalue weighted by Crippen LogP contribution is -2.26. The summed E-state index contributed by atoms with van der Waals surface area (Å²) in [5, 5.41) is 4.38. The van der Waals surface area contributed by atoms with Crippen LogP contribution in [0.1, 0.15) is 23.8 Å². The van der Waals surface area contributed by atoms with Crippen LogP contribution in [-0.2, 0) is 12.8 Å². The van der Waals surface area contributed by atoms with Crippen LogP contribution < -0.4 is 5.32 Å². The van der Waals surface area contributed by atoms with Crippen LogP contribution in [0.25, 0.3) is 0 Å². The van der Waals surface area contributed by atoms with Crippen LogP contribution in [0.2, 0.25) is 5.02 Å². The Morgan fingerprint density at radius 1 is 1.24 bits per heavy atom. The van der Waals surface area contributed by atoms with E-state index < -0.39 is 0 Å². The summed E-state index contributed by atoms with van der Waals surface area (Å²) in [6, 6.07) is 12.6. The smallest absolute Gasteiger partial charge is 0.0701 e. The molecule has 0 aliphatic rings. The Kier molecular flexibility index (Phi) is 7.24. The maximum absolute atomic E-state index is 6.10. The molecule has 0 aliphatic carbocycles. The highest BCUT2D eigenvalue weighted by Crippen LogP contribution is 2.25. The SMILES string of the molecule is CCCNCC(Cc1cccc(Cl)c1)Cc1ccc(Br)s1. The van der Waals surface area contributed by atoms with Crippen molar-refractivity contribution in [1.29, 1.82) is 0 Å². The van der Waals surface area contributed by atoms with E-state index in [2.05, 4.69) is 52.4 Å². The van der Waals surface area contributed by atoms with Gasteiger partial charge in [-0.2, -0.15) is 0 Å². The summed E-state index contributed by atoms with van der Waals surface area (Å²) in [5.41, 5.74) is 1.32. The van der Waals surface area contributed by atoms with Crippen molar-refractivity contribution in [2.45, 2.75) is 26.2 Å². The number of hydrogen-bond acceptors (Lipinski definition) is 2. The van der Waals surface area contributed by atoms with Gasteiger partial charge in [0.15, 0.2) is 0 Å². The van der Waals surface area contributed by atoms with Gasteiger partial charge in [-0.3, -0.25) is 0 Å². The normalized spacial score (nSPS) is 12.5. The molecule has 1 nitrogen and oxygen atoms in total. The summed E-state index contributed by atoms with van der Waals surface area (Å²) in [5.74, 6) is 0.598. The van der Waals surface area contributed by atoms with Crippen molar-refractivity contribution in [3.8, 4) is 0 Å². The average Bonchev–Trinajstić information content (AvgIpc) is 2.84. The zero-order valence-electron chi connectivity index (χ0n) is 12.2. The lowest BCUT2D eigenvalue weighted by atomic mass is 9.95. The first-order valence-corrected chi connectivity index (χ1v) is 9.35. The standard InChI is InChI=1S/C17H21BrClNS/c1-2-8-20-12-14(11-16-6-7-17(18)21-16)9-13-4-3-5-15(19)10-13/h3-7,10,14,20H,2,8-9,11-12H2,1H3. The molecule has 1 aromatic carbocycles. The van der Waals surface area contributed by atoms with E-state index in [0.29, 0.717) is 5.92 Å². The van der Waals surface area contributed by atoms with Gasteiger partial charge >= 0.3 is 0 Å². The molecule has 2 rings (SSSR count). The topological polar surface area (TPSA) is 12.0 Å². The van der Waals surface area contributed by atoms with Gasteiger partial charge in [0, 0.05) is 9.90 Å². The minimum Gasteiger partial charge on any atom is -0.316 e. The molecule has 1 aromatic heterocycles. The van der Waals surface area contributed by atoms with Crippen LogP contribution in [0.5, 0.6) is 0 Å². The average molecular weight is 387 g/mol. The molecule has 1 N–H and O–H groups in total. The zero-order chi connectivity index (χ0) is 15.1. The Bertz CT molecular complexity index is 555. The van der Waals surface area contributed by atoms with E-state index >= 15 is 0 Å². The monoisotopic (exact) mass is 385 g/mol. The van der Waals surface area contributed by atoms with E-state index in [1.165, 1.54) is 20.6 Å². The van der Waals surface area contributed by atoms with Crippen molar-refractivity contribution in [2.75, 3.05) is 13.1 Å². The first-order valence-electron chi connectivity index (χ1n) is 7.36. The maximum Gasteiger partial charge on any atom is 0.0701 e. The van der Waals surface area contributed by atoms with Gasteiger partial charge in [-0.25, -0.2) is 0 Å². The summed E-state index contributed by atoms with van der Waals surface area (Å²) in [7, 11) is 0. The number of hydrogen-bond donors (Lipinski definition) is 1. The number of nitrogens with one attached hydrogen (secondary N) is 1. The summed E-state index contributed by atoms with van der Waals surface area (Å²) in [4.78, 5) is 1.44. The third-order valence-electron chi connectivity index (χ3n) is 3.39. The van der Waals surface area contributed by atoms with E-state index in [0.717, 1.165) is 31.0 Å². The highest BCUT2D eigenvalue weighted by molar-refractivity contribution is 9.11. The van der Waals surface area contributed by atoms with Gasteiger partial charge in [0.25, 0.3) is 0 Å².